The molecule has 1 fully saturated rings. The van der Waals surface area contributed by atoms with Crippen LogP contribution in [0.25, 0.3) is 0 Å². The third-order valence-electron chi connectivity index (χ3n) is 2.67. The summed E-state index contributed by atoms with van der Waals surface area (Å²) in [5.41, 5.74) is 6.30. The van der Waals surface area contributed by atoms with E-state index >= 15 is 0 Å². The second kappa shape index (κ2) is 5.97. The molecule has 2 N–H and O–H groups in total. The van der Waals surface area contributed by atoms with Crippen molar-refractivity contribution in [1.29, 1.82) is 0 Å². The summed E-state index contributed by atoms with van der Waals surface area (Å²) in [5.74, 6) is -0.378. The number of rotatable bonds is 1. The summed E-state index contributed by atoms with van der Waals surface area (Å²) in [6.45, 7) is 1.28. The number of halogens is 3. The van der Waals surface area contributed by atoms with Crippen molar-refractivity contribution in [2.24, 2.45) is 5.73 Å². The van der Waals surface area contributed by atoms with Crippen LogP contribution in [0.5, 0.6) is 0 Å². The van der Waals surface area contributed by atoms with E-state index in [1.165, 1.54) is 18.2 Å². The molecule has 1 atom stereocenters. The number of carbonyl (C=O) groups is 1. The largest absolute Gasteiger partial charge is 0.337 e. The minimum absolute atomic E-state index is 0. The van der Waals surface area contributed by atoms with Crippen molar-refractivity contribution in [3.05, 3.63) is 33.1 Å². The first-order valence-corrected chi connectivity index (χ1v) is 6.15. The van der Waals surface area contributed by atoms with E-state index in [1.54, 1.807) is 4.90 Å². The van der Waals surface area contributed by atoms with E-state index in [-0.39, 0.29) is 30.2 Å². The molecule has 6 heteroatoms. The smallest absolute Gasteiger partial charge is 0.254 e. The molecule has 0 aromatic heterocycles. The van der Waals surface area contributed by atoms with Gasteiger partial charge in [0.25, 0.3) is 5.91 Å². The number of amides is 1. The van der Waals surface area contributed by atoms with Crippen molar-refractivity contribution < 1.29 is 9.18 Å². The van der Waals surface area contributed by atoms with Gasteiger partial charge in [0.05, 0.1) is 5.56 Å². The summed E-state index contributed by atoms with van der Waals surface area (Å²) in [6.07, 6.45) is 0.837. The fourth-order valence-electron chi connectivity index (χ4n) is 1.81. The van der Waals surface area contributed by atoms with Gasteiger partial charge < -0.3 is 10.6 Å². The summed E-state index contributed by atoms with van der Waals surface area (Å²) in [5, 5.41) is 0. The lowest BCUT2D eigenvalue weighted by molar-refractivity contribution is 0.0790. The minimum atomic E-state index is -0.320. The number of hydrogen-bond donors (Lipinski definition) is 1. The van der Waals surface area contributed by atoms with Gasteiger partial charge in [0.15, 0.2) is 0 Å². The molecule has 17 heavy (non-hydrogen) atoms. The summed E-state index contributed by atoms with van der Waals surface area (Å²) in [6, 6.07) is 4.28. The zero-order chi connectivity index (χ0) is 11.7. The SMILES string of the molecule is Cl.N[C@@H]1CCN(C(=O)c2ccc(F)cc2I)C1. The third-order valence-corrected chi connectivity index (χ3v) is 3.57. The number of nitrogens with two attached hydrogens (primary N) is 1. The van der Waals surface area contributed by atoms with Crippen LogP contribution in [0, 0.1) is 9.39 Å². The maximum atomic E-state index is 12.9. The van der Waals surface area contributed by atoms with Gasteiger partial charge in [-0.1, -0.05) is 0 Å². The van der Waals surface area contributed by atoms with Crippen molar-refractivity contribution in [3.63, 3.8) is 0 Å². The molecule has 94 valence electrons. The molecule has 1 saturated heterocycles. The molecule has 3 nitrogen and oxygen atoms in total. The Labute approximate surface area is 119 Å². The van der Waals surface area contributed by atoms with E-state index in [0.29, 0.717) is 22.2 Å². The molecule has 0 spiro atoms. The Bertz CT molecular complexity index is 430. The van der Waals surface area contributed by atoms with Crippen LogP contribution in [-0.2, 0) is 0 Å². The highest BCUT2D eigenvalue weighted by atomic mass is 127. The lowest BCUT2D eigenvalue weighted by Crippen LogP contribution is -2.32. The molecule has 0 unspecified atom stereocenters. The minimum Gasteiger partial charge on any atom is -0.337 e. The normalized spacial score (nSPS) is 19.0. The van der Waals surface area contributed by atoms with Gasteiger partial charge >= 0.3 is 0 Å². The topological polar surface area (TPSA) is 46.3 Å². The number of nitrogens with zero attached hydrogens (tertiary/aromatic N) is 1. The Kier molecular flexibility index (Phi) is 5.15. The van der Waals surface area contributed by atoms with Gasteiger partial charge in [-0.15, -0.1) is 12.4 Å². The van der Waals surface area contributed by atoms with Crippen molar-refractivity contribution in [2.45, 2.75) is 12.5 Å². The molecule has 0 aliphatic carbocycles. The highest BCUT2D eigenvalue weighted by molar-refractivity contribution is 14.1. The summed E-state index contributed by atoms with van der Waals surface area (Å²) < 4.78 is 13.5. The van der Waals surface area contributed by atoms with Gasteiger partial charge in [-0.05, 0) is 47.2 Å². The molecular formula is C11H13ClFIN2O. The highest BCUT2D eigenvalue weighted by Gasteiger charge is 2.25. The van der Waals surface area contributed by atoms with E-state index in [9.17, 15) is 9.18 Å². The summed E-state index contributed by atoms with van der Waals surface area (Å²) in [7, 11) is 0. The second-order valence-electron chi connectivity index (χ2n) is 3.92. The van der Waals surface area contributed by atoms with Gasteiger partial charge in [-0.2, -0.15) is 0 Å². The molecule has 1 aliphatic rings. The molecule has 1 amide bonds. The van der Waals surface area contributed by atoms with Crippen LogP contribution in [0.2, 0.25) is 0 Å². The monoisotopic (exact) mass is 370 g/mol. The van der Waals surface area contributed by atoms with Crippen LogP contribution in [0.3, 0.4) is 0 Å². The Balaban J connectivity index is 0.00000144. The van der Waals surface area contributed by atoms with Gasteiger partial charge in [-0.25, -0.2) is 4.39 Å². The molecule has 1 aliphatic heterocycles. The average molecular weight is 371 g/mol. The number of hydrogen-bond acceptors (Lipinski definition) is 2. The molecule has 2 rings (SSSR count). The average Bonchev–Trinajstić information content (AvgIpc) is 2.64. The first kappa shape index (κ1) is 14.7. The lowest BCUT2D eigenvalue weighted by atomic mass is 10.2. The lowest BCUT2D eigenvalue weighted by Gasteiger charge is -2.16. The fraction of sp³-hybridized carbons (Fsp3) is 0.364. The first-order valence-electron chi connectivity index (χ1n) is 5.08. The Morgan fingerprint density at radius 2 is 2.24 bits per heavy atom. The van der Waals surface area contributed by atoms with Crippen LogP contribution in [-0.4, -0.2) is 29.9 Å². The van der Waals surface area contributed by atoms with Crippen LogP contribution in [0.4, 0.5) is 4.39 Å². The maximum absolute atomic E-state index is 12.9. The Morgan fingerprint density at radius 3 is 2.76 bits per heavy atom. The zero-order valence-corrected chi connectivity index (χ0v) is 12.0. The van der Waals surface area contributed by atoms with E-state index in [2.05, 4.69) is 0 Å². The van der Waals surface area contributed by atoms with Crippen LogP contribution >= 0.6 is 35.0 Å². The molecular weight excluding hydrogens is 357 g/mol. The van der Waals surface area contributed by atoms with E-state index in [4.69, 9.17) is 5.73 Å². The quantitative estimate of drug-likeness (QED) is 0.769. The van der Waals surface area contributed by atoms with Crippen molar-refractivity contribution >= 4 is 40.9 Å². The van der Waals surface area contributed by atoms with Gasteiger partial charge in [0.1, 0.15) is 5.82 Å². The predicted molar refractivity (Wildman–Crippen MR) is 74.9 cm³/mol. The zero-order valence-electron chi connectivity index (χ0n) is 9.03. The molecule has 0 bridgehead atoms. The Morgan fingerprint density at radius 1 is 1.53 bits per heavy atom. The maximum Gasteiger partial charge on any atom is 0.254 e. The van der Waals surface area contributed by atoms with Crippen LogP contribution in [0.1, 0.15) is 16.8 Å². The fourth-order valence-corrected chi connectivity index (χ4v) is 2.51. The second-order valence-corrected chi connectivity index (χ2v) is 5.09. The molecule has 1 aromatic carbocycles. The standard InChI is InChI=1S/C11H12FIN2O.ClH/c12-7-1-2-9(10(13)5-7)11(16)15-4-3-8(14)6-15;/h1-2,5,8H,3-4,6,14H2;1H/t8-;/m1./s1. The molecule has 0 radical (unpaired) electrons. The van der Waals surface area contributed by atoms with Gasteiger partial charge in [0.2, 0.25) is 0 Å². The molecule has 1 heterocycles. The summed E-state index contributed by atoms with van der Waals surface area (Å²) >= 11 is 1.97. The number of carbonyl (C=O) groups excluding carboxylic acids is 1. The summed E-state index contributed by atoms with van der Waals surface area (Å²) in [4.78, 5) is 13.8. The van der Waals surface area contributed by atoms with Crippen molar-refractivity contribution in [2.75, 3.05) is 13.1 Å². The van der Waals surface area contributed by atoms with Gasteiger partial charge in [0, 0.05) is 22.7 Å². The highest BCUT2D eigenvalue weighted by Crippen LogP contribution is 2.18. The van der Waals surface area contributed by atoms with Crippen molar-refractivity contribution in [3.8, 4) is 0 Å². The van der Waals surface area contributed by atoms with Crippen LogP contribution in [0.15, 0.2) is 18.2 Å². The van der Waals surface area contributed by atoms with E-state index in [0.717, 1.165) is 6.42 Å². The number of benzene rings is 1. The van der Waals surface area contributed by atoms with Crippen molar-refractivity contribution in [1.82, 2.24) is 4.90 Å². The number of likely N-dealkylation sites (tertiary alicyclic amines) is 1. The predicted octanol–water partition coefficient (Wildman–Crippen LogP) is 2.03. The molecule has 1 aromatic rings. The first-order chi connectivity index (χ1) is 7.58. The van der Waals surface area contributed by atoms with Gasteiger partial charge in [-0.3, -0.25) is 4.79 Å². The third kappa shape index (κ3) is 3.29. The van der Waals surface area contributed by atoms with Crippen LogP contribution < -0.4 is 5.73 Å². The van der Waals surface area contributed by atoms with E-state index in [1.807, 2.05) is 22.6 Å². The van der Waals surface area contributed by atoms with E-state index < -0.39 is 0 Å². The Hall–Kier alpha value is -0.400. The molecule has 0 saturated carbocycles.